The van der Waals surface area contributed by atoms with E-state index in [0.717, 1.165) is 15.6 Å². The molecule has 1 N–H and O–H groups in total. The standard InChI is InChI=1S/C13H14BrN3O/c1-2-15-13(18)9-17-8-11(7-16-17)10-4-3-5-12(14)6-10/h3-8H,2,9H2,1H3,(H,15,18). The van der Waals surface area contributed by atoms with Gasteiger partial charge in [0.05, 0.1) is 6.20 Å². The molecular formula is C13H14BrN3O. The molecule has 1 heterocycles. The van der Waals surface area contributed by atoms with E-state index >= 15 is 0 Å². The van der Waals surface area contributed by atoms with Crippen molar-refractivity contribution >= 4 is 21.8 Å². The highest BCUT2D eigenvalue weighted by Gasteiger charge is 2.05. The Morgan fingerprint density at radius 1 is 1.44 bits per heavy atom. The molecular weight excluding hydrogens is 294 g/mol. The van der Waals surface area contributed by atoms with Gasteiger partial charge in [0.15, 0.2) is 0 Å². The number of hydrogen-bond donors (Lipinski definition) is 1. The van der Waals surface area contributed by atoms with Crippen LogP contribution in [0.25, 0.3) is 11.1 Å². The first-order chi connectivity index (χ1) is 8.69. The van der Waals surface area contributed by atoms with E-state index < -0.39 is 0 Å². The van der Waals surface area contributed by atoms with E-state index in [0.29, 0.717) is 6.54 Å². The third-order valence-electron chi connectivity index (χ3n) is 2.47. The van der Waals surface area contributed by atoms with Gasteiger partial charge in [-0.1, -0.05) is 28.1 Å². The Labute approximate surface area is 114 Å². The third-order valence-corrected chi connectivity index (χ3v) is 2.96. The van der Waals surface area contributed by atoms with Gasteiger partial charge in [-0.15, -0.1) is 0 Å². The van der Waals surface area contributed by atoms with Gasteiger partial charge < -0.3 is 5.32 Å². The van der Waals surface area contributed by atoms with Crippen LogP contribution in [0.5, 0.6) is 0 Å². The number of benzene rings is 1. The maximum Gasteiger partial charge on any atom is 0.241 e. The Bertz CT molecular complexity index is 551. The molecule has 0 fully saturated rings. The van der Waals surface area contributed by atoms with Gasteiger partial charge in [-0.05, 0) is 24.6 Å². The molecule has 2 rings (SSSR count). The van der Waals surface area contributed by atoms with Crippen LogP contribution in [0.15, 0.2) is 41.1 Å². The monoisotopic (exact) mass is 307 g/mol. The van der Waals surface area contributed by atoms with Crippen LogP contribution in [0.3, 0.4) is 0 Å². The molecule has 0 aliphatic carbocycles. The number of likely N-dealkylation sites (N-methyl/N-ethyl adjacent to an activating group) is 1. The van der Waals surface area contributed by atoms with Gasteiger partial charge in [0.1, 0.15) is 6.54 Å². The molecule has 0 aliphatic heterocycles. The van der Waals surface area contributed by atoms with Crippen molar-refractivity contribution in [2.24, 2.45) is 0 Å². The van der Waals surface area contributed by atoms with E-state index in [1.165, 1.54) is 0 Å². The predicted octanol–water partition coefficient (Wildman–Crippen LogP) is 2.45. The van der Waals surface area contributed by atoms with Gasteiger partial charge in [0.2, 0.25) is 5.91 Å². The van der Waals surface area contributed by atoms with Crippen LogP contribution in [-0.2, 0) is 11.3 Å². The molecule has 1 amide bonds. The summed E-state index contributed by atoms with van der Waals surface area (Å²) in [5, 5.41) is 6.93. The molecule has 0 aliphatic rings. The number of aromatic nitrogens is 2. The SMILES string of the molecule is CCNC(=O)Cn1cc(-c2cccc(Br)c2)cn1. The van der Waals surface area contributed by atoms with Crippen molar-refractivity contribution in [3.05, 3.63) is 41.1 Å². The van der Waals surface area contributed by atoms with E-state index in [1.54, 1.807) is 10.9 Å². The first kappa shape index (κ1) is 12.8. The second-order valence-electron chi connectivity index (χ2n) is 3.89. The van der Waals surface area contributed by atoms with Crippen LogP contribution >= 0.6 is 15.9 Å². The number of amides is 1. The van der Waals surface area contributed by atoms with Gasteiger partial charge in [-0.3, -0.25) is 9.48 Å². The first-order valence-electron chi connectivity index (χ1n) is 5.74. The number of carbonyl (C=O) groups is 1. The molecule has 0 unspecified atom stereocenters. The molecule has 1 aromatic carbocycles. The predicted molar refractivity (Wildman–Crippen MR) is 74.0 cm³/mol. The highest BCUT2D eigenvalue weighted by Crippen LogP contribution is 2.22. The van der Waals surface area contributed by atoms with Gasteiger partial charge >= 0.3 is 0 Å². The lowest BCUT2D eigenvalue weighted by Gasteiger charge is -2.01. The Kier molecular flexibility index (Phi) is 4.15. The van der Waals surface area contributed by atoms with E-state index in [2.05, 4.69) is 26.3 Å². The minimum absolute atomic E-state index is 0.0265. The second kappa shape index (κ2) is 5.82. The third kappa shape index (κ3) is 3.20. The fraction of sp³-hybridized carbons (Fsp3) is 0.231. The van der Waals surface area contributed by atoms with Crippen LogP contribution in [0.4, 0.5) is 0 Å². The Hall–Kier alpha value is -1.62. The summed E-state index contributed by atoms with van der Waals surface area (Å²) in [6.45, 7) is 2.79. The summed E-state index contributed by atoms with van der Waals surface area (Å²) >= 11 is 3.44. The molecule has 0 bridgehead atoms. The normalized spacial score (nSPS) is 10.3. The summed E-state index contributed by atoms with van der Waals surface area (Å²) in [5.41, 5.74) is 2.08. The van der Waals surface area contributed by atoms with E-state index in [1.807, 2.05) is 37.4 Å². The summed E-state index contributed by atoms with van der Waals surface area (Å²) < 4.78 is 2.66. The number of nitrogens with one attached hydrogen (secondary N) is 1. The molecule has 94 valence electrons. The minimum atomic E-state index is -0.0265. The molecule has 0 saturated carbocycles. The molecule has 18 heavy (non-hydrogen) atoms. The molecule has 0 radical (unpaired) electrons. The lowest BCUT2D eigenvalue weighted by molar-refractivity contribution is -0.121. The van der Waals surface area contributed by atoms with Crippen LogP contribution in [0.2, 0.25) is 0 Å². The van der Waals surface area contributed by atoms with Gasteiger partial charge in [-0.2, -0.15) is 5.10 Å². The zero-order chi connectivity index (χ0) is 13.0. The smallest absolute Gasteiger partial charge is 0.241 e. The Balaban J connectivity index is 2.13. The molecule has 4 nitrogen and oxygen atoms in total. The van der Waals surface area contributed by atoms with Crippen molar-refractivity contribution in [3.8, 4) is 11.1 Å². The maximum atomic E-state index is 11.4. The quantitative estimate of drug-likeness (QED) is 0.943. The lowest BCUT2D eigenvalue weighted by Crippen LogP contribution is -2.27. The molecule has 0 atom stereocenters. The minimum Gasteiger partial charge on any atom is -0.355 e. The van der Waals surface area contributed by atoms with E-state index in [-0.39, 0.29) is 12.5 Å². The van der Waals surface area contributed by atoms with Crippen LogP contribution < -0.4 is 5.32 Å². The fourth-order valence-electron chi connectivity index (χ4n) is 1.67. The summed E-state index contributed by atoms with van der Waals surface area (Å²) in [7, 11) is 0. The lowest BCUT2D eigenvalue weighted by atomic mass is 10.1. The van der Waals surface area contributed by atoms with Gasteiger partial charge in [0.25, 0.3) is 0 Å². The van der Waals surface area contributed by atoms with Crippen molar-refractivity contribution in [2.45, 2.75) is 13.5 Å². The highest BCUT2D eigenvalue weighted by molar-refractivity contribution is 9.10. The van der Waals surface area contributed by atoms with Crippen molar-refractivity contribution in [1.29, 1.82) is 0 Å². The van der Waals surface area contributed by atoms with Crippen LogP contribution in [0.1, 0.15) is 6.92 Å². The molecule has 5 heteroatoms. The van der Waals surface area contributed by atoms with Crippen molar-refractivity contribution < 1.29 is 4.79 Å². The van der Waals surface area contributed by atoms with Gasteiger partial charge in [0, 0.05) is 22.8 Å². The largest absolute Gasteiger partial charge is 0.355 e. The molecule has 2 aromatic rings. The Morgan fingerprint density at radius 2 is 2.28 bits per heavy atom. The van der Waals surface area contributed by atoms with Crippen molar-refractivity contribution in [1.82, 2.24) is 15.1 Å². The molecule has 0 spiro atoms. The summed E-state index contributed by atoms with van der Waals surface area (Å²) in [6.07, 6.45) is 3.64. The van der Waals surface area contributed by atoms with Crippen LogP contribution in [0, 0.1) is 0 Å². The number of carbonyl (C=O) groups excluding carboxylic acids is 1. The number of halogens is 1. The number of hydrogen-bond acceptors (Lipinski definition) is 2. The maximum absolute atomic E-state index is 11.4. The fourth-order valence-corrected chi connectivity index (χ4v) is 2.07. The summed E-state index contributed by atoms with van der Waals surface area (Å²) in [6, 6.07) is 7.98. The van der Waals surface area contributed by atoms with E-state index in [4.69, 9.17) is 0 Å². The average molecular weight is 308 g/mol. The molecule has 0 saturated heterocycles. The summed E-state index contributed by atoms with van der Waals surface area (Å²) in [4.78, 5) is 11.4. The second-order valence-corrected chi connectivity index (χ2v) is 4.81. The molecule has 1 aromatic heterocycles. The number of rotatable bonds is 4. The van der Waals surface area contributed by atoms with Gasteiger partial charge in [-0.25, -0.2) is 0 Å². The highest BCUT2D eigenvalue weighted by atomic mass is 79.9. The van der Waals surface area contributed by atoms with Crippen molar-refractivity contribution in [2.75, 3.05) is 6.54 Å². The summed E-state index contributed by atoms with van der Waals surface area (Å²) in [5.74, 6) is -0.0265. The average Bonchev–Trinajstić information content (AvgIpc) is 2.78. The first-order valence-corrected chi connectivity index (χ1v) is 6.53. The zero-order valence-electron chi connectivity index (χ0n) is 10.1. The number of nitrogens with zero attached hydrogens (tertiary/aromatic N) is 2. The topological polar surface area (TPSA) is 46.9 Å². The Morgan fingerprint density at radius 3 is 3.00 bits per heavy atom. The van der Waals surface area contributed by atoms with E-state index in [9.17, 15) is 4.79 Å². The van der Waals surface area contributed by atoms with Crippen molar-refractivity contribution in [3.63, 3.8) is 0 Å². The van der Waals surface area contributed by atoms with Crippen LogP contribution in [-0.4, -0.2) is 22.2 Å². The zero-order valence-corrected chi connectivity index (χ0v) is 11.6.